The zero-order valence-electron chi connectivity index (χ0n) is 9.15. The summed E-state index contributed by atoms with van der Waals surface area (Å²) in [6.07, 6.45) is 3.25. The molecule has 0 saturated carbocycles. The number of rotatable bonds is 4. The lowest BCUT2D eigenvalue weighted by atomic mass is 10.1. The molecule has 1 heterocycles. The summed E-state index contributed by atoms with van der Waals surface area (Å²) in [5.74, 6) is -0.591. The van der Waals surface area contributed by atoms with E-state index in [1.54, 1.807) is 10.8 Å². The Morgan fingerprint density at radius 2 is 2.12 bits per heavy atom. The minimum Gasteiger partial charge on any atom is -0.364 e. The van der Waals surface area contributed by atoms with Gasteiger partial charge in [-0.3, -0.25) is 4.79 Å². The Balaban J connectivity index is 2.36. The van der Waals surface area contributed by atoms with Crippen LogP contribution in [0.5, 0.6) is 0 Å². The Bertz CT molecular complexity index is 532. The number of aromatic nitrogens is 3. The molecule has 2 rings (SSSR count). The van der Waals surface area contributed by atoms with Gasteiger partial charge < -0.3 is 5.73 Å². The topological polar surface area (TPSA) is 73.8 Å². The lowest BCUT2D eigenvalue weighted by molar-refractivity contribution is 0.0995. The van der Waals surface area contributed by atoms with E-state index in [0.29, 0.717) is 0 Å². The van der Waals surface area contributed by atoms with Crippen LogP contribution in [-0.2, 0) is 0 Å². The van der Waals surface area contributed by atoms with Crippen molar-refractivity contribution in [1.29, 1.82) is 0 Å². The van der Waals surface area contributed by atoms with Crippen LogP contribution in [0.1, 0.15) is 22.1 Å². The average Bonchev–Trinajstić information content (AvgIpc) is 2.81. The second kappa shape index (κ2) is 4.61. The standard InChI is InChI=1S/C12H12N4O/c1-2-11(9-6-4-3-5-7-9)16-8-10(12(13)17)14-15-16/h2-8,11H,1H2,(H2,13,17). The molecule has 0 aliphatic heterocycles. The Morgan fingerprint density at radius 1 is 1.41 bits per heavy atom. The molecule has 0 bridgehead atoms. The lowest BCUT2D eigenvalue weighted by Gasteiger charge is -2.12. The molecular weight excluding hydrogens is 216 g/mol. The molecule has 5 heteroatoms. The molecule has 1 unspecified atom stereocenters. The maximum Gasteiger partial charge on any atom is 0.270 e. The third-order valence-electron chi connectivity index (χ3n) is 2.41. The minimum atomic E-state index is -0.591. The van der Waals surface area contributed by atoms with E-state index in [2.05, 4.69) is 16.9 Å². The van der Waals surface area contributed by atoms with E-state index in [0.717, 1.165) is 5.56 Å². The van der Waals surface area contributed by atoms with Crippen molar-refractivity contribution in [1.82, 2.24) is 15.0 Å². The van der Waals surface area contributed by atoms with Crippen LogP contribution < -0.4 is 5.73 Å². The van der Waals surface area contributed by atoms with Crippen LogP contribution in [0.25, 0.3) is 0 Å². The van der Waals surface area contributed by atoms with Crippen molar-refractivity contribution in [2.75, 3.05) is 0 Å². The Kier molecular flexibility index (Phi) is 3.00. The average molecular weight is 228 g/mol. The molecule has 1 atom stereocenters. The smallest absolute Gasteiger partial charge is 0.270 e. The van der Waals surface area contributed by atoms with Gasteiger partial charge in [0.2, 0.25) is 0 Å². The first-order valence-corrected chi connectivity index (χ1v) is 5.11. The van der Waals surface area contributed by atoms with Gasteiger partial charge >= 0.3 is 0 Å². The first-order chi connectivity index (χ1) is 8.22. The van der Waals surface area contributed by atoms with Crippen LogP contribution in [0.3, 0.4) is 0 Å². The number of benzene rings is 1. The lowest BCUT2D eigenvalue weighted by Crippen LogP contribution is -2.11. The van der Waals surface area contributed by atoms with Crippen molar-refractivity contribution in [3.8, 4) is 0 Å². The van der Waals surface area contributed by atoms with Gasteiger partial charge in [0.25, 0.3) is 5.91 Å². The molecule has 1 amide bonds. The molecule has 86 valence electrons. The Labute approximate surface area is 98.6 Å². The fourth-order valence-corrected chi connectivity index (χ4v) is 1.57. The van der Waals surface area contributed by atoms with Crippen LogP contribution >= 0.6 is 0 Å². The molecule has 0 radical (unpaired) electrons. The minimum absolute atomic E-state index is 0.146. The highest BCUT2D eigenvalue weighted by atomic mass is 16.1. The molecular formula is C12H12N4O. The molecule has 1 aromatic heterocycles. The summed E-state index contributed by atoms with van der Waals surface area (Å²) in [5, 5.41) is 7.58. The third kappa shape index (κ3) is 2.23. The van der Waals surface area contributed by atoms with Gasteiger partial charge in [-0.15, -0.1) is 11.7 Å². The highest BCUT2D eigenvalue weighted by Crippen LogP contribution is 2.17. The zero-order chi connectivity index (χ0) is 12.3. The number of hydrogen-bond donors (Lipinski definition) is 1. The quantitative estimate of drug-likeness (QED) is 0.798. The summed E-state index contributed by atoms with van der Waals surface area (Å²) >= 11 is 0. The largest absolute Gasteiger partial charge is 0.364 e. The van der Waals surface area contributed by atoms with Gasteiger partial charge in [0, 0.05) is 0 Å². The summed E-state index contributed by atoms with van der Waals surface area (Å²) in [4.78, 5) is 10.9. The number of amides is 1. The normalized spacial score (nSPS) is 12.0. The van der Waals surface area contributed by atoms with E-state index >= 15 is 0 Å². The number of nitrogens with zero attached hydrogens (tertiary/aromatic N) is 3. The fourth-order valence-electron chi connectivity index (χ4n) is 1.57. The molecule has 0 aliphatic carbocycles. The van der Waals surface area contributed by atoms with Gasteiger partial charge in [-0.1, -0.05) is 41.6 Å². The molecule has 0 fully saturated rings. The van der Waals surface area contributed by atoms with Crippen molar-refractivity contribution >= 4 is 5.91 Å². The predicted molar refractivity (Wildman–Crippen MR) is 63.3 cm³/mol. The molecule has 0 spiro atoms. The van der Waals surface area contributed by atoms with E-state index in [1.807, 2.05) is 30.3 Å². The zero-order valence-corrected chi connectivity index (χ0v) is 9.15. The van der Waals surface area contributed by atoms with Crippen molar-refractivity contribution in [3.05, 3.63) is 60.4 Å². The molecule has 1 aromatic carbocycles. The van der Waals surface area contributed by atoms with Gasteiger partial charge in [0.1, 0.15) is 0 Å². The van der Waals surface area contributed by atoms with E-state index in [-0.39, 0.29) is 11.7 Å². The van der Waals surface area contributed by atoms with Crippen LogP contribution in [0.4, 0.5) is 0 Å². The second-order valence-corrected chi connectivity index (χ2v) is 3.54. The fraction of sp³-hybridized carbons (Fsp3) is 0.0833. The summed E-state index contributed by atoms with van der Waals surface area (Å²) < 4.78 is 1.56. The van der Waals surface area contributed by atoms with Crippen molar-refractivity contribution in [2.45, 2.75) is 6.04 Å². The van der Waals surface area contributed by atoms with E-state index in [9.17, 15) is 4.79 Å². The van der Waals surface area contributed by atoms with Crippen molar-refractivity contribution < 1.29 is 4.79 Å². The van der Waals surface area contributed by atoms with Crippen LogP contribution in [0, 0.1) is 0 Å². The van der Waals surface area contributed by atoms with Gasteiger partial charge in [-0.25, -0.2) is 4.68 Å². The summed E-state index contributed by atoms with van der Waals surface area (Å²) in [6, 6.07) is 9.54. The molecule has 0 saturated heterocycles. The maximum absolute atomic E-state index is 10.9. The van der Waals surface area contributed by atoms with Crippen LogP contribution in [-0.4, -0.2) is 20.9 Å². The first-order valence-electron chi connectivity index (χ1n) is 5.11. The van der Waals surface area contributed by atoms with Gasteiger partial charge in [-0.05, 0) is 5.56 Å². The summed E-state index contributed by atoms with van der Waals surface area (Å²) in [5.41, 5.74) is 6.29. The van der Waals surface area contributed by atoms with Crippen LogP contribution in [0.15, 0.2) is 49.2 Å². The SMILES string of the molecule is C=CC(c1ccccc1)n1cc(C(N)=O)nn1. The van der Waals surface area contributed by atoms with Crippen LogP contribution in [0.2, 0.25) is 0 Å². The molecule has 5 nitrogen and oxygen atoms in total. The highest BCUT2D eigenvalue weighted by molar-refractivity contribution is 5.90. The number of carbonyl (C=O) groups excluding carboxylic acids is 1. The second-order valence-electron chi connectivity index (χ2n) is 3.54. The van der Waals surface area contributed by atoms with E-state index in [4.69, 9.17) is 5.73 Å². The Morgan fingerprint density at radius 3 is 2.65 bits per heavy atom. The highest BCUT2D eigenvalue weighted by Gasteiger charge is 2.13. The monoisotopic (exact) mass is 228 g/mol. The molecule has 0 aliphatic rings. The molecule has 17 heavy (non-hydrogen) atoms. The Hall–Kier alpha value is -2.43. The molecule has 2 N–H and O–H groups in total. The number of nitrogens with two attached hydrogens (primary N) is 1. The van der Waals surface area contributed by atoms with Crippen molar-refractivity contribution in [3.63, 3.8) is 0 Å². The number of primary amides is 1. The summed E-state index contributed by atoms with van der Waals surface area (Å²) in [7, 11) is 0. The number of hydrogen-bond acceptors (Lipinski definition) is 3. The third-order valence-corrected chi connectivity index (χ3v) is 2.41. The molecule has 2 aromatic rings. The summed E-state index contributed by atoms with van der Waals surface area (Å²) in [6.45, 7) is 3.76. The van der Waals surface area contributed by atoms with Gasteiger partial charge in [0.05, 0.1) is 12.2 Å². The van der Waals surface area contributed by atoms with E-state index in [1.165, 1.54) is 6.20 Å². The van der Waals surface area contributed by atoms with Gasteiger partial charge in [-0.2, -0.15) is 0 Å². The van der Waals surface area contributed by atoms with Crippen molar-refractivity contribution in [2.24, 2.45) is 5.73 Å². The van der Waals surface area contributed by atoms with Gasteiger partial charge in [0.15, 0.2) is 5.69 Å². The van der Waals surface area contributed by atoms with E-state index < -0.39 is 5.91 Å². The number of carbonyl (C=O) groups is 1. The maximum atomic E-state index is 10.9. The first kappa shape index (κ1) is 11.1. The predicted octanol–water partition coefficient (Wildman–Crippen LogP) is 1.15. The number of allylic oxidation sites excluding steroid dienone is 1.